The zero-order valence-corrected chi connectivity index (χ0v) is 14.0. The van der Waals surface area contributed by atoms with Gasteiger partial charge in [0.2, 0.25) is 0 Å². The second-order valence-corrected chi connectivity index (χ2v) is 6.06. The molecular formula is C17H20N4O4. The summed E-state index contributed by atoms with van der Waals surface area (Å²) in [5.41, 5.74) is 1.99. The van der Waals surface area contributed by atoms with Gasteiger partial charge in [-0.15, -0.1) is 5.10 Å². The van der Waals surface area contributed by atoms with Gasteiger partial charge in [0.15, 0.2) is 5.69 Å². The average Bonchev–Trinajstić information content (AvgIpc) is 3.10. The molecule has 2 heterocycles. The first-order chi connectivity index (χ1) is 12.0. The Balaban J connectivity index is 1.83. The van der Waals surface area contributed by atoms with Crippen LogP contribution in [0.1, 0.15) is 28.9 Å². The molecule has 8 heteroatoms. The van der Waals surface area contributed by atoms with Gasteiger partial charge in [-0.25, -0.2) is 4.68 Å². The van der Waals surface area contributed by atoms with E-state index in [1.165, 1.54) is 15.8 Å². The Morgan fingerprint density at radius 2 is 2.12 bits per heavy atom. The molecule has 1 saturated heterocycles. The van der Waals surface area contributed by atoms with E-state index in [1.807, 2.05) is 31.2 Å². The number of aromatic nitrogens is 3. The smallest absolute Gasteiger partial charge is 0.323 e. The van der Waals surface area contributed by atoms with E-state index in [1.54, 1.807) is 0 Å². The maximum Gasteiger partial charge on any atom is 0.323 e. The van der Waals surface area contributed by atoms with Crippen LogP contribution in [0.25, 0.3) is 5.69 Å². The van der Waals surface area contributed by atoms with Crippen molar-refractivity contribution in [2.75, 3.05) is 19.8 Å². The quantitative estimate of drug-likeness (QED) is 0.877. The van der Waals surface area contributed by atoms with Gasteiger partial charge in [-0.1, -0.05) is 17.3 Å². The van der Waals surface area contributed by atoms with Crippen molar-refractivity contribution in [3.05, 3.63) is 41.7 Å². The van der Waals surface area contributed by atoms with Gasteiger partial charge in [0.25, 0.3) is 5.91 Å². The van der Waals surface area contributed by atoms with Crippen LogP contribution in [-0.4, -0.2) is 62.7 Å². The Kier molecular flexibility index (Phi) is 5.08. The molecule has 1 aromatic carbocycles. The van der Waals surface area contributed by atoms with Gasteiger partial charge in [0.1, 0.15) is 6.54 Å². The van der Waals surface area contributed by atoms with Crippen molar-refractivity contribution in [1.82, 2.24) is 19.9 Å². The third-order valence-electron chi connectivity index (χ3n) is 4.18. The first-order valence-electron chi connectivity index (χ1n) is 8.14. The fourth-order valence-electron chi connectivity index (χ4n) is 2.91. The third kappa shape index (κ3) is 4.03. The molecule has 1 amide bonds. The molecule has 0 bridgehead atoms. The van der Waals surface area contributed by atoms with E-state index in [0.717, 1.165) is 11.3 Å². The molecule has 132 valence electrons. The van der Waals surface area contributed by atoms with E-state index in [9.17, 15) is 9.59 Å². The lowest BCUT2D eigenvalue weighted by atomic mass is 10.1. The van der Waals surface area contributed by atoms with Gasteiger partial charge in [-0.3, -0.25) is 9.59 Å². The normalized spacial score (nSPS) is 15.1. The van der Waals surface area contributed by atoms with E-state index < -0.39 is 11.9 Å². The number of carboxylic acid groups (broad SMARTS) is 1. The van der Waals surface area contributed by atoms with Crippen molar-refractivity contribution in [3.63, 3.8) is 0 Å². The number of hydrogen-bond acceptors (Lipinski definition) is 5. The predicted molar refractivity (Wildman–Crippen MR) is 88.6 cm³/mol. The zero-order valence-electron chi connectivity index (χ0n) is 14.0. The van der Waals surface area contributed by atoms with Crippen LogP contribution in [0.4, 0.5) is 0 Å². The molecule has 0 saturated carbocycles. The van der Waals surface area contributed by atoms with Crippen molar-refractivity contribution < 1.29 is 19.4 Å². The molecule has 2 aromatic rings. The topological polar surface area (TPSA) is 97.6 Å². The summed E-state index contributed by atoms with van der Waals surface area (Å²) in [6.07, 6.45) is 2.77. The van der Waals surface area contributed by atoms with Crippen LogP contribution in [-0.2, 0) is 9.53 Å². The lowest BCUT2D eigenvalue weighted by molar-refractivity contribution is -0.138. The summed E-state index contributed by atoms with van der Waals surface area (Å²) in [6.45, 7) is 2.64. The number of carbonyl (C=O) groups excluding carboxylic acids is 1. The van der Waals surface area contributed by atoms with Gasteiger partial charge in [-0.05, 0) is 37.5 Å². The first kappa shape index (κ1) is 17.1. The Morgan fingerprint density at radius 1 is 1.36 bits per heavy atom. The molecular weight excluding hydrogens is 324 g/mol. The maximum atomic E-state index is 12.8. The van der Waals surface area contributed by atoms with Gasteiger partial charge >= 0.3 is 5.97 Å². The number of benzene rings is 1. The van der Waals surface area contributed by atoms with Crippen LogP contribution in [0.15, 0.2) is 30.5 Å². The predicted octanol–water partition coefficient (Wildman–Crippen LogP) is 1.28. The van der Waals surface area contributed by atoms with Crippen LogP contribution < -0.4 is 0 Å². The lowest BCUT2D eigenvalue weighted by Crippen LogP contribution is -2.46. The number of rotatable bonds is 5. The SMILES string of the molecule is Cc1cccc(-n2cc(C(=O)N(CC(=O)O)C3CCOCC3)nn2)c1. The Hall–Kier alpha value is -2.74. The number of hydrogen-bond donors (Lipinski definition) is 1. The maximum absolute atomic E-state index is 12.8. The molecule has 25 heavy (non-hydrogen) atoms. The first-order valence-corrected chi connectivity index (χ1v) is 8.14. The molecule has 0 atom stereocenters. The van der Waals surface area contributed by atoms with Crippen LogP contribution in [0.5, 0.6) is 0 Å². The summed E-state index contributed by atoms with van der Waals surface area (Å²) in [5.74, 6) is -1.47. The van der Waals surface area contributed by atoms with Crippen molar-refractivity contribution in [2.24, 2.45) is 0 Å². The number of nitrogens with zero attached hydrogens (tertiary/aromatic N) is 4. The fraction of sp³-hybridized carbons (Fsp3) is 0.412. The molecule has 8 nitrogen and oxygen atoms in total. The van der Waals surface area contributed by atoms with E-state index in [2.05, 4.69) is 10.3 Å². The summed E-state index contributed by atoms with van der Waals surface area (Å²) >= 11 is 0. The molecule has 0 aliphatic carbocycles. The van der Waals surface area contributed by atoms with Crippen LogP contribution >= 0.6 is 0 Å². The minimum atomic E-state index is -1.05. The van der Waals surface area contributed by atoms with E-state index in [-0.39, 0.29) is 18.3 Å². The fourth-order valence-corrected chi connectivity index (χ4v) is 2.91. The zero-order chi connectivity index (χ0) is 17.8. The van der Waals surface area contributed by atoms with Crippen molar-refractivity contribution in [1.29, 1.82) is 0 Å². The molecule has 1 fully saturated rings. The molecule has 1 aliphatic heterocycles. The Morgan fingerprint density at radius 3 is 2.80 bits per heavy atom. The molecule has 0 radical (unpaired) electrons. The van der Waals surface area contributed by atoms with Crippen LogP contribution in [0.3, 0.4) is 0 Å². The molecule has 0 spiro atoms. The molecule has 1 N–H and O–H groups in total. The average molecular weight is 344 g/mol. The highest BCUT2D eigenvalue weighted by Crippen LogP contribution is 2.17. The van der Waals surface area contributed by atoms with Crippen LogP contribution in [0.2, 0.25) is 0 Å². The third-order valence-corrected chi connectivity index (χ3v) is 4.18. The van der Waals surface area contributed by atoms with Crippen molar-refractivity contribution in [3.8, 4) is 5.69 Å². The Bertz CT molecular complexity index is 768. The minimum Gasteiger partial charge on any atom is -0.480 e. The number of amides is 1. The minimum absolute atomic E-state index is 0.134. The van der Waals surface area contributed by atoms with Crippen molar-refractivity contribution in [2.45, 2.75) is 25.8 Å². The van der Waals surface area contributed by atoms with E-state index in [0.29, 0.717) is 26.1 Å². The molecule has 0 unspecified atom stereocenters. The van der Waals surface area contributed by atoms with Gasteiger partial charge < -0.3 is 14.7 Å². The van der Waals surface area contributed by atoms with Gasteiger partial charge in [0, 0.05) is 19.3 Å². The van der Waals surface area contributed by atoms with Crippen molar-refractivity contribution >= 4 is 11.9 Å². The standard InChI is InChI=1S/C17H20N4O4/c1-12-3-2-4-14(9-12)21-10-15(18-19-21)17(24)20(11-16(22)23)13-5-7-25-8-6-13/h2-4,9-10,13H,5-8,11H2,1H3,(H,22,23). The summed E-state index contributed by atoms with van der Waals surface area (Å²) in [6, 6.07) is 7.49. The van der Waals surface area contributed by atoms with Crippen LogP contribution in [0, 0.1) is 6.92 Å². The number of aliphatic carboxylic acids is 1. The monoisotopic (exact) mass is 344 g/mol. The second-order valence-electron chi connectivity index (χ2n) is 6.06. The number of aryl methyl sites for hydroxylation is 1. The van der Waals surface area contributed by atoms with Gasteiger partial charge in [-0.2, -0.15) is 0 Å². The second kappa shape index (κ2) is 7.43. The summed E-state index contributed by atoms with van der Waals surface area (Å²) in [4.78, 5) is 25.3. The summed E-state index contributed by atoms with van der Waals surface area (Å²) < 4.78 is 6.81. The molecule has 1 aromatic heterocycles. The molecule has 1 aliphatic rings. The Labute approximate surface area is 145 Å². The van der Waals surface area contributed by atoms with E-state index in [4.69, 9.17) is 9.84 Å². The number of carboxylic acids is 1. The molecule has 3 rings (SSSR count). The highest BCUT2D eigenvalue weighted by Gasteiger charge is 2.30. The highest BCUT2D eigenvalue weighted by molar-refractivity contribution is 5.94. The highest BCUT2D eigenvalue weighted by atomic mass is 16.5. The summed E-state index contributed by atoms with van der Waals surface area (Å²) in [7, 11) is 0. The van der Waals surface area contributed by atoms with Gasteiger partial charge in [0.05, 0.1) is 11.9 Å². The largest absolute Gasteiger partial charge is 0.480 e. The summed E-state index contributed by atoms with van der Waals surface area (Å²) in [5, 5.41) is 17.1. The lowest BCUT2D eigenvalue weighted by Gasteiger charge is -2.32. The van der Waals surface area contributed by atoms with E-state index >= 15 is 0 Å². The number of ether oxygens (including phenoxy) is 1. The number of carbonyl (C=O) groups is 2.